The van der Waals surface area contributed by atoms with E-state index in [4.69, 9.17) is 2.74 Å². The van der Waals surface area contributed by atoms with Gasteiger partial charge < -0.3 is 4.98 Å². The Labute approximate surface area is 54.1 Å². The third-order valence-corrected chi connectivity index (χ3v) is 1.00. The van der Waals surface area contributed by atoms with Crippen LogP contribution in [0, 0.1) is 0 Å². The summed E-state index contributed by atoms with van der Waals surface area (Å²) in [7, 11) is 0. The predicted molar refractivity (Wildman–Crippen MR) is 30.8 cm³/mol. The first-order valence-electron chi connectivity index (χ1n) is 3.41. The molecule has 2 aliphatic heterocycles. The number of aromatic amines is 1. The smallest absolute Gasteiger partial charge is 0.160 e. The van der Waals surface area contributed by atoms with Crippen LogP contribution in [0.4, 0.5) is 0 Å². The summed E-state index contributed by atoms with van der Waals surface area (Å²) in [6, 6.07) is 0. The number of nitrogens with one attached hydrogen (secondary N) is 1. The van der Waals surface area contributed by atoms with Crippen molar-refractivity contribution in [1.29, 1.82) is 0 Å². The Morgan fingerprint density at radius 3 is 3.56 bits per heavy atom. The van der Waals surface area contributed by atoms with Gasteiger partial charge in [0.15, 0.2) is 5.82 Å². The van der Waals surface area contributed by atoms with Crippen LogP contribution in [0.2, 0.25) is 0 Å². The van der Waals surface area contributed by atoms with Crippen LogP contribution in [0.3, 0.4) is 0 Å². The van der Waals surface area contributed by atoms with E-state index in [2.05, 4.69) is 19.9 Å². The third kappa shape index (κ3) is 0.561. The summed E-state index contributed by atoms with van der Waals surface area (Å²) in [6.45, 7) is 0. The van der Waals surface area contributed by atoms with Crippen LogP contribution in [0.1, 0.15) is 2.74 Å². The minimum Gasteiger partial charge on any atom is -0.329 e. The van der Waals surface area contributed by atoms with Crippen LogP contribution in [0.5, 0.6) is 0 Å². The summed E-state index contributed by atoms with van der Waals surface area (Å²) in [6.07, 6.45) is 1.39. The van der Waals surface area contributed by atoms with Gasteiger partial charge in [-0.2, -0.15) is 0 Å². The van der Waals surface area contributed by atoms with Gasteiger partial charge in [-0.25, -0.2) is 15.0 Å². The molecule has 4 heteroatoms. The average Bonchev–Trinajstić information content (AvgIpc) is 2.27. The second-order valence-corrected chi connectivity index (χ2v) is 1.55. The van der Waals surface area contributed by atoms with Gasteiger partial charge in [0.05, 0.1) is 12.5 Å². The molecular weight excluding hydrogens is 116 g/mol. The summed E-state index contributed by atoms with van der Waals surface area (Å²) < 4.78 is 14.2. The van der Waals surface area contributed by atoms with Crippen molar-refractivity contribution in [3.63, 3.8) is 0 Å². The highest BCUT2D eigenvalue weighted by Gasteiger charge is 2.01. The van der Waals surface area contributed by atoms with E-state index < -0.39 is 0 Å². The van der Waals surface area contributed by atoms with Crippen LogP contribution in [0.15, 0.2) is 18.8 Å². The SMILES string of the molecule is [2H]c1nc2cnc([2H])[nH]c-2n1. The fraction of sp³-hybridized carbons (Fsp3) is 0. The lowest BCUT2D eigenvalue weighted by atomic mass is 10.4. The van der Waals surface area contributed by atoms with E-state index in [1.807, 2.05) is 0 Å². The Bertz CT molecular complexity index is 358. The maximum absolute atomic E-state index is 7.09. The largest absolute Gasteiger partial charge is 0.329 e. The molecule has 0 aromatic rings. The van der Waals surface area contributed by atoms with Gasteiger partial charge in [0.1, 0.15) is 14.7 Å². The van der Waals surface area contributed by atoms with Crippen LogP contribution in [0.25, 0.3) is 11.5 Å². The van der Waals surface area contributed by atoms with E-state index in [0.29, 0.717) is 11.5 Å². The topological polar surface area (TPSA) is 54.5 Å². The minimum absolute atomic E-state index is 0.0254. The van der Waals surface area contributed by atoms with Crippen LogP contribution < -0.4 is 0 Å². The molecule has 4 nitrogen and oxygen atoms in total. The number of imidazole rings is 1. The minimum atomic E-state index is -0.0522. The van der Waals surface area contributed by atoms with Crippen LogP contribution >= 0.6 is 0 Å². The number of rotatable bonds is 0. The van der Waals surface area contributed by atoms with Crippen molar-refractivity contribution in [3.05, 3.63) is 18.8 Å². The van der Waals surface area contributed by atoms with Gasteiger partial charge in [0, 0.05) is 0 Å². The third-order valence-electron chi connectivity index (χ3n) is 1.00. The first-order valence-corrected chi connectivity index (χ1v) is 2.41. The fourth-order valence-corrected chi connectivity index (χ4v) is 0.600. The first-order chi connectivity index (χ1) is 5.25. The van der Waals surface area contributed by atoms with Crippen molar-refractivity contribution in [1.82, 2.24) is 19.9 Å². The predicted octanol–water partition coefficient (Wildman–Crippen LogP) is 0.304. The second-order valence-electron chi connectivity index (χ2n) is 1.55. The molecule has 44 valence electrons. The molecule has 0 aromatic heterocycles. The zero-order valence-corrected chi connectivity index (χ0v) is 4.42. The molecule has 0 saturated carbocycles. The maximum atomic E-state index is 7.09. The van der Waals surface area contributed by atoms with Crippen LogP contribution in [-0.4, -0.2) is 19.9 Å². The maximum Gasteiger partial charge on any atom is 0.160 e. The Morgan fingerprint density at radius 2 is 2.56 bits per heavy atom. The standard InChI is InChI=1S/C5H4N4/c1-4-5(8-2-6-1)9-3-7-4/h1-3H,(H,6,7,8,9)/i2D,3D. The number of hydrogen-bond acceptors (Lipinski definition) is 3. The summed E-state index contributed by atoms with van der Waals surface area (Å²) >= 11 is 0. The van der Waals surface area contributed by atoms with E-state index in [-0.39, 0.29) is 12.6 Å². The van der Waals surface area contributed by atoms with E-state index in [9.17, 15) is 0 Å². The molecular formula is C5H4N4. The van der Waals surface area contributed by atoms with Crippen molar-refractivity contribution in [2.45, 2.75) is 0 Å². The molecule has 2 rings (SSSR count). The Morgan fingerprint density at radius 1 is 1.56 bits per heavy atom. The molecule has 0 saturated heterocycles. The highest BCUT2D eigenvalue weighted by Crippen LogP contribution is 2.08. The molecule has 0 aliphatic carbocycles. The second kappa shape index (κ2) is 1.51. The lowest BCUT2D eigenvalue weighted by Gasteiger charge is -1.89. The van der Waals surface area contributed by atoms with Gasteiger partial charge in [0.25, 0.3) is 0 Å². The molecule has 9 heavy (non-hydrogen) atoms. The average molecular weight is 122 g/mol. The van der Waals surface area contributed by atoms with Crippen molar-refractivity contribution >= 4 is 0 Å². The molecule has 0 amide bonds. The first kappa shape index (κ1) is 2.91. The number of aromatic nitrogens is 4. The number of nitrogens with zero attached hydrogens (tertiary/aromatic N) is 3. The van der Waals surface area contributed by atoms with Crippen molar-refractivity contribution in [2.75, 3.05) is 0 Å². The lowest BCUT2D eigenvalue weighted by molar-refractivity contribution is 1.13. The Hall–Kier alpha value is -1.45. The Kier molecular flexibility index (Phi) is 0.489. The van der Waals surface area contributed by atoms with E-state index >= 15 is 0 Å². The van der Waals surface area contributed by atoms with E-state index in [1.165, 1.54) is 6.20 Å². The quantitative estimate of drug-likeness (QED) is 0.547. The van der Waals surface area contributed by atoms with E-state index in [1.54, 1.807) is 0 Å². The molecule has 0 aromatic carbocycles. The van der Waals surface area contributed by atoms with Crippen molar-refractivity contribution in [3.8, 4) is 11.5 Å². The summed E-state index contributed by atoms with van der Waals surface area (Å²) in [5.74, 6) is 0.440. The molecule has 0 unspecified atom stereocenters. The highest BCUT2D eigenvalue weighted by molar-refractivity contribution is 5.46. The fourth-order valence-electron chi connectivity index (χ4n) is 0.600. The number of fused-ring (bicyclic) bond motifs is 1. The highest BCUT2D eigenvalue weighted by atomic mass is 15.0. The van der Waals surface area contributed by atoms with Gasteiger partial charge in [-0.05, 0) is 0 Å². The van der Waals surface area contributed by atoms with Gasteiger partial charge in [-0.3, -0.25) is 0 Å². The molecule has 0 radical (unpaired) electrons. The van der Waals surface area contributed by atoms with Gasteiger partial charge in [-0.1, -0.05) is 0 Å². The summed E-state index contributed by atoms with van der Waals surface area (Å²) in [5.41, 5.74) is 0.519. The number of H-pyrrole nitrogens is 1. The normalized spacial score (nSPS) is 13.3. The molecule has 0 atom stereocenters. The van der Waals surface area contributed by atoms with E-state index in [0.717, 1.165) is 0 Å². The van der Waals surface area contributed by atoms with Gasteiger partial charge in [0.2, 0.25) is 0 Å². The summed E-state index contributed by atoms with van der Waals surface area (Å²) in [4.78, 5) is 13.7. The zero-order chi connectivity index (χ0) is 7.84. The zero-order valence-electron chi connectivity index (χ0n) is 6.42. The van der Waals surface area contributed by atoms with Gasteiger partial charge >= 0.3 is 0 Å². The molecule has 0 fully saturated rings. The summed E-state index contributed by atoms with van der Waals surface area (Å²) in [5, 5.41) is 0. The van der Waals surface area contributed by atoms with Crippen LogP contribution in [-0.2, 0) is 0 Å². The molecule has 2 heterocycles. The van der Waals surface area contributed by atoms with Crippen molar-refractivity contribution < 1.29 is 2.74 Å². The monoisotopic (exact) mass is 122 g/mol. The van der Waals surface area contributed by atoms with Crippen molar-refractivity contribution in [2.24, 2.45) is 0 Å². The molecule has 1 N–H and O–H groups in total. The number of hydrogen-bond donors (Lipinski definition) is 1. The Balaban J connectivity index is 2.73. The molecule has 0 bridgehead atoms. The lowest BCUT2D eigenvalue weighted by Crippen LogP contribution is -1.84. The molecule has 2 aliphatic rings. The molecule has 0 spiro atoms. The van der Waals surface area contributed by atoms with Gasteiger partial charge in [-0.15, -0.1) is 0 Å².